The van der Waals surface area contributed by atoms with Gasteiger partial charge in [0.1, 0.15) is 28.2 Å². The van der Waals surface area contributed by atoms with Gasteiger partial charge in [0.2, 0.25) is 0 Å². The average Bonchev–Trinajstić information content (AvgIpc) is 3.52. The standard InChI is InChI=1S/C24H22N2O7S/c1-5-32-23(30)21-13(3)25-24(34-21)26-18(16-7-6-10-33-16)17(20(28)22(26)29)19(27)14-8-9-15(31-4)12(2)11-14/h6-11,18,27H,5H2,1-4H3/b19-17+/t18-/m0/s1. The minimum atomic E-state index is -1.07. The molecule has 1 amide bonds. The number of aliphatic hydroxyl groups excluding tert-OH is 1. The summed E-state index contributed by atoms with van der Waals surface area (Å²) in [5, 5.41) is 11.3. The molecule has 0 saturated carbocycles. The lowest BCUT2D eigenvalue weighted by Crippen LogP contribution is -2.29. The number of anilines is 1. The molecule has 0 aliphatic carbocycles. The lowest BCUT2D eigenvalue weighted by Gasteiger charge is -2.20. The molecule has 1 fully saturated rings. The van der Waals surface area contributed by atoms with E-state index in [-0.39, 0.29) is 33.7 Å². The summed E-state index contributed by atoms with van der Waals surface area (Å²) in [4.78, 5) is 44.3. The maximum absolute atomic E-state index is 13.2. The van der Waals surface area contributed by atoms with E-state index in [1.54, 1.807) is 51.1 Å². The second kappa shape index (κ2) is 9.14. The molecule has 1 aliphatic rings. The van der Waals surface area contributed by atoms with Crippen LogP contribution in [0.3, 0.4) is 0 Å². The number of aryl methyl sites for hydroxylation is 2. The van der Waals surface area contributed by atoms with Gasteiger partial charge in [-0.2, -0.15) is 0 Å². The average molecular weight is 483 g/mol. The van der Waals surface area contributed by atoms with Crippen LogP contribution in [0.15, 0.2) is 46.6 Å². The fraction of sp³-hybridized carbons (Fsp3) is 0.250. The number of aromatic nitrogens is 1. The van der Waals surface area contributed by atoms with Gasteiger partial charge in [0, 0.05) is 5.56 Å². The number of ether oxygens (including phenoxy) is 2. The smallest absolute Gasteiger partial charge is 0.350 e. The number of rotatable bonds is 6. The first-order valence-corrected chi connectivity index (χ1v) is 11.2. The monoisotopic (exact) mass is 482 g/mol. The number of methoxy groups -OCH3 is 1. The van der Waals surface area contributed by atoms with E-state index in [0.717, 1.165) is 21.8 Å². The molecular formula is C24H22N2O7S. The summed E-state index contributed by atoms with van der Waals surface area (Å²) >= 11 is 0.933. The van der Waals surface area contributed by atoms with Crippen LogP contribution < -0.4 is 9.64 Å². The van der Waals surface area contributed by atoms with Crippen molar-refractivity contribution < 1.29 is 33.4 Å². The molecule has 34 heavy (non-hydrogen) atoms. The van der Waals surface area contributed by atoms with Crippen molar-refractivity contribution in [1.82, 2.24) is 4.98 Å². The molecule has 1 aromatic carbocycles. The summed E-state index contributed by atoms with van der Waals surface area (Å²) < 4.78 is 15.9. The van der Waals surface area contributed by atoms with Crippen molar-refractivity contribution in [3.05, 3.63) is 69.6 Å². The van der Waals surface area contributed by atoms with Gasteiger partial charge in [-0.25, -0.2) is 9.78 Å². The molecule has 0 bridgehead atoms. The van der Waals surface area contributed by atoms with Crippen LogP contribution in [-0.2, 0) is 14.3 Å². The van der Waals surface area contributed by atoms with Crippen molar-refractivity contribution in [1.29, 1.82) is 0 Å². The van der Waals surface area contributed by atoms with E-state index in [0.29, 0.717) is 17.0 Å². The Morgan fingerprint density at radius 1 is 1.26 bits per heavy atom. The van der Waals surface area contributed by atoms with Crippen molar-refractivity contribution in [2.24, 2.45) is 0 Å². The molecule has 3 heterocycles. The molecule has 1 aliphatic heterocycles. The summed E-state index contributed by atoms with van der Waals surface area (Å²) in [5.41, 5.74) is 1.31. The first-order valence-electron chi connectivity index (χ1n) is 10.4. The molecule has 1 saturated heterocycles. The number of furan rings is 1. The van der Waals surface area contributed by atoms with E-state index in [2.05, 4.69) is 4.98 Å². The fourth-order valence-electron chi connectivity index (χ4n) is 3.80. The van der Waals surface area contributed by atoms with E-state index < -0.39 is 23.7 Å². The second-order valence-electron chi connectivity index (χ2n) is 7.50. The summed E-state index contributed by atoms with van der Waals surface area (Å²) in [7, 11) is 1.53. The van der Waals surface area contributed by atoms with Crippen molar-refractivity contribution >= 4 is 39.9 Å². The molecule has 9 nitrogen and oxygen atoms in total. The maximum Gasteiger partial charge on any atom is 0.350 e. The molecule has 1 atom stereocenters. The number of ketones is 1. The Balaban J connectivity index is 1.87. The first-order chi connectivity index (χ1) is 16.3. The van der Waals surface area contributed by atoms with Crippen LogP contribution in [0.1, 0.15) is 45.2 Å². The zero-order valence-corrected chi connectivity index (χ0v) is 19.8. The molecule has 0 unspecified atom stereocenters. The molecule has 0 spiro atoms. The van der Waals surface area contributed by atoms with Gasteiger partial charge in [-0.15, -0.1) is 0 Å². The van der Waals surface area contributed by atoms with Gasteiger partial charge in [0.05, 0.1) is 31.2 Å². The zero-order valence-electron chi connectivity index (χ0n) is 18.9. The van der Waals surface area contributed by atoms with Gasteiger partial charge < -0.3 is 19.0 Å². The lowest BCUT2D eigenvalue weighted by molar-refractivity contribution is -0.132. The highest BCUT2D eigenvalue weighted by Crippen LogP contribution is 2.44. The van der Waals surface area contributed by atoms with Crippen molar-refractivity contribution in [2.75, 3.05) is 18.6 Å². The normalized spacial score (nSPS) is 17.3. The number of esters is 1. The number of Topliss-reactive ketones (excluding diaryl/α,β-unsaturated/α-hetero) is 1. The number of carbonyl (C=O) groups excluding carboxylic acids is 3. The predicted octanol–water partition coefficient (Wildman–Crippen LogP) is 4.16. The van der Waals surface area contributed by atoms with E-state index >= 15 is 0 Å². The fourth-order valence-corrected chi connectivity index (χ4v) is 4.79. The SMILES string of the molecule is CCOC(=O)c1sc(N2C(=O)C(=O)/C(=C(/O)c3ccc(OC)c(C)c3)[C@@H]2c2ccco2)nc1C. The van der Waals surface area contributed by atoms with E-state index in [1.165, 1.54) is 13.4 Å². The van der Waals surface area contributed by atoms with Crippen LogP contribution in [0.2, 0.25) is 0 Å². The van der Waals surface area contributed by atoms with Crippen LogP contribution in [0.5, 0.6) is 5.75 Å². The van der Waals surface area contributed by atoms with Crippen molar-refractivity contribution in [3.63, 3.8) is 0 Å². The van der Waals surface area contributed by atoms with Crippen LogP contribution in [0.25, 0.3) is 5.76 Å². The molecule has 4 rings (SSSR count). The Labute approximate surface area is 199 Å². The van der Waals surface area contributed by atoms with Crippen LogP contribution in [0, 0.1) is 13.8 Å². The summed E-state index contributed by atoms with van der Waals surface area (Å²) in [6, 6.07) is 7.07. The Morgan fingerprint density at radius 3 is 2.65 bits per heavy atom. The van der Waals surface area contributed by atoms with Gasteiger partial charge >= 0.3 is 11.9 Å². The number of amides is 1. The number of aliphatic hydroxyl groups is 1. The first kappa shape index (κ1) is 23.2. The Kier molecular flexibility index (Phi) is 6.25. The minimum Gasteiger partial charge on any atom is -0.507 e. The van der Waals surface area contributed by atoms with Crippen molar-refractivity contribution in [3.8, 4) is 5.75 Å². The molecule has 3 aromatic rings. The highest BCUT2D eigenvalue weighted by atomic mass is 32.1. The number of benzene rings is 1. The second-order valence-corrected chi connectivity index (χ2v) is 8.48. The van der Waals surface area contributed by atoms with E-state index in [1.807, 2.05) is 0 Å². The van der Waals surface area contributed by atoms with Gasteiger partial charge in [-0.3, -0.25) is 14.5 Å². The number of hydrogen-bond acceptors (Lipinski definition) is 9. The lowest BCUT2D eigenvalue weighted by atomic mass is 9.98. The van der Waals surface area contributed by atoms with Gasteiger partial charge in [-0.05, 0) is 56.7 Å². The third kappa shape index (κ3) is 3.86. The molecule has 2 aromatic heterocycles. The Morgan fingerprint density at radius 2 is 2.03 bits per heavy atom. The number of nitrogens with zero attached hydrogens (tertiary/aromatic N) is 2. The topological polar surface area (TPSA) is 119 Å². The minimum absolute atomic E-state index is 0.119. The maximum atomic E-state index is 13.2. The zero-order chi connectivity index (χ0) is 24.6. The summed E-state index contributed by atoms with van der Waals surface area (Å²) in [6.45, 7) is 5.29. The Hall–Kier alpha value is -3.92. The summed E-state index contributed by atoms with van der Waals surface area (Å²) in [6.07, 6.45) is 1.41. The highest BCUT2D eigenvalue weighted by Gasteiger charge is 2.49. The van der Waals surface area contributed by atoms with Crippen molar-refractivity contribution in [2.45, 2.75) is 26.8 Å². The molecule has 10 heteroatoms. The van der Waals surface area contributed by atoms with Crippen LogP contribution in [-0.4, -0.2) is 41.5 Å². The number of thiazole rings is 1. The molecule has 176 valence electrons. The van der Waals surface area contributed by atoms with E-state index in [9.17, 15) is 19.5 Å². The third-order valence-electron chi connectivity index (χ3n) is 5.38. The van der Waals surface area contributed by atoms with Gasteiger partial charge in [-0.1, -0.05) is 11.3 Å². The van der Waals surface area contributed by atoms with Gasteiger partial charge in [0.15, 0.2) is 5.13 Å². The number of carbonyl (C=O) groups is 3. The predicted molar refractivity (Wildman–Crippen MR) is 124 cm³/mol. The largest absolute Gasteiger partial charge is 0.507 e. The quantitative estimate of drug-likeness (QED) is 0.241. The molecular weight excluding hydrogens is 460 g/mol. The molecule has 1 N–H and O–H groups in total. The molecule has 0 radical (unpaired) electrons. The highest BCUT2D eigenvalue weighted by molar-refractivity contribution is 7.17. The van der Waals surface area contributed by atoms with Gasteiger partial charge in [0.25, 0.3) is 5.78 Å². The van der Waals surface area contributed by atoms with Crippen LogP contribution >= 0.6 is 11.3 Å². The third-order valence-corrected chi connectivity index (χ3v) is 6.51. The van der Waals surface area contributed by atoms with Crippen LogP contribution in [0.4, 0.5) is 5.13 Å². The number of hydrogen-bond donors (Lipinski definition) is 1. The Bertz CT molecular complexity index is 1310. The van der Waals surface area contributed by atoms with E-state index in [4.69, 9.17) is 13.9 Å². The summed E-state index contributed by atoms with van der Waals surface area (Å²) in [5.74, 6) is -1.83.